The second-order valence-electron chi connectivity index (χ2n) is 2.68. The smallest absolute Gasteiger partial charge is 0.323 e. The summed E-state index contributed by atoms with van der Waals surface area (Å²) < 4.78 is 0. The lowest BCUT2D eigenvalue weighted by Crippen LogP contribution is -2.47. The van der Waals surface area contributed by atoms with Gasteiger partial charge in [0.2, 0.25) is 0 Å². The highest BCUT2D eigenvalue weighted by Gasteiger charge is 2.25. The largest absolute Gasteiger partial charge is 0.480 e. The molecule has 1 aliphatic heterocycles. The molecule has 0 amide bonds. The van der Waals surface area contributed by atoms with E-state index in [1.54, 1.807) is 0 Å². The normalized spacial score (nSPS) is 22.1. The van der Waals surface area contributed by atoms with E-state index in [1.807, 2.05) is 16.7 Å². The van der Waals surface area contributed by atoms with Gasteiger partial charge in [-0.3, -0.25) is 9.69 Å². The second kappa shape index (κ2) is 4.69. The van der Waals surface area contributed by atoms with Gasteiger partial charge in [0.25, 0.3) is 0 Å². The van der Waals surface area contributed by atoms with Crippen molar-refractivity contribution in [3.63, 3.8) is 0 Å². The van der Waals surface area contributed by atoms with E-state index < -0.39 is 12.0 Å². The summed E-state index contributed by atoms with van der Waals surface area (Å²) in [7, 11) is 0. The Balaban J connectivity index is 2.46. The van der Waals surface area contributed by atoms with E-state index in [0.29, 0.717) is 0 Å². The number of aliphatic hydroxyl groups excluding tert-OH is 1. The van der Waals surface area contributed by atoms with E-state index in [2.05, 4.69) is 0 Å². The van der Waals surface area contributed by atoms with Gasteiger partial charge < -0.3 is 10.2 Å². The number of carboxylic acids is 1. The van der Waals surface area contributed by atoms with Crippen LogP contribution in [0.25, 0.3) is 0 Å². The van der Waals surface area contributed by atoms with Crippen LogP contribution in [0.4, 0.5) is 0 Å². The number of carbonyl (C=O) groups is 1. The fourth-order valence-electron chi connectivity index (χ4n) is 1.24. The highest BCUT2D eigenvalue weighted by molar-refractivity contribution is 7.99. The summed E-state index contributed by atoms with van der Waals surface area (Å²) >= 11 is 1.82. The number of rotatable bonds is 3. The molecular formula is C7H13NO3S. The van der Waals surface area contributed by atoms with Crippen LogP contribution in [-0.2, 0) is 4.79 Å². The summed E-state index contributed by atoms with van der Waals surface area (Å²) in [6.07, 6.45) is 0. The Morgan fingerprint density at radius 3 is 2.50 bits per heavy atom. The molecule has 0 bridgehead atoms. The van der Waals surface area contributed by atoms with Crippen molar-refractivity contribution >= 4 is 17.7 Å². The highest BCUT2D eigenvalue weighted by Crippen LogP contribution is 2.11. The fourth-order valence-corrected chi connectivity index (χ4v) is 2.17. The Kier molecular flexibility index (Phi) is 3.84. The Hall–Kier alpha value is -0.260. The van der Waals surface area contributed by atoms with Gasteiger partial charge in [-0.25, -0.2) is 0 Å². The first-order chi connectivity index (χ1) is 5.75. The van der Waals surface area contributed by atoms with Crippen LogP contribution in [0.5, 0.6) is 0 Å². The number of hydrogen-bond acceptors (Lipinski definition) is 4. The molecule has 2 N–H and O–H groups in total. The Morgan fingerprint density at radius 1 is 1.50 bits per heavy atom. The number of aliphatic hydroxyl groups is 1. The van der Waals surface area contributed by atoms with Crippen molar-refractivity contribution in [1.82, 2.24) is 4.90 Å². The third-order valence-corrected chi connectivity index (χ3v) is 2.89. The molecule has 4 nitrogen and oxygen atoms in total. The topological polar surface area (TPSA) is 60.8 Å². The maximum absolute atomic E-state index is 10.6. The zero-order valence-corrected chi connectivity index (χ0v) is 7.59. The molecule has 1 unspecified atom stereocenters. The molecule has 1 rings (SSSR count). The first-order valence-electron chi connectivity index (χ1n) is 3.91. The molecule has 12 heavy (non-hydrogen) atoms. The van der Waals surface area contributed by atoms with Crippen LogP contribution in [0.2, 0.25) is 0 Å². The van der Waals surface area contributed by atoms with Crippen molar-refractivity contribution in [3.8, 4) is 0 Å². The molecule has 0 aliphatic carbocycles. The molecule has 0 saturated carbocycles. The minimum Gasteiger partial charge on any atom is -0.480 e. The summed E-state index contributed by atoms with van der Waals surface area (Å²) in [6, 6.07) is -0.703. The molecular weight excluding hydrogens is 178 g/mol. The molecule has 5 heteroatoms. The van der Waals surface area contributed by atoms with E-state index in [4.69, 9.17) is 10.2 Å². The average molecular weight is 191 g/mol. The molecule has 1 fully saturated rings. The molecule has 1 saturated heterocycles. The minimum absolute atomic E-state index is 0.292. The zero-order valence-electron chi connectivity index (χ0n) is 6.77. The Morgan fingerprint density at radius 2 is 2.08 bits per heavy atom. The van der Waals surface area contributed by atoms with Crippen molar-refractivity contribution in [2.45, 2.75) is 6.04 Å². The van der Waals surface area contributed by atoms with E-state index >= 15 is 0 Å². The maximum atomic E-state index is 10.6. The lowest BCUT2D eigenvalue weighted by Gasteiger charge is -2.30. The van der Waals surface area contributed by atoms with Crippen LogP contribution in [0.1, 0.15) is 0 Å². The number of thioether (sulfide) groups is 1. The van der Waals surface area contributed by atoms with Gasteiger partial charge in [0.15, 0.2) is 0 Å². The molecule has 1 heterocycles. The number of carboxylic acid groups (broad SMARTS) is 1. The molecule has 0 radical (unpaired) electrons. The third kappa shape index (κ3) is 2.36. The summed E-state index contributed by atoms with van der Waals surface area (Å²) in [5, 5.41) is 17.5. The van der Waals surface area contributed by atoms with Crippen LogP contribution in [0.3, 0.4) is 0 Å². The molecule has 1 aliphatic rings. The lowest BCUT2D eigenvalue weighted by atomic mass is 10.2. The fraction of sp³-hybridized carbons (Fsp3) is 0.857. The summed E-state index contributed by atoms with van der Waals surface area (Å²) in [6.45, 7) is 1.24. The minimum atomic E-state index is -0.926. The number of hydrogen-bond donors (Lipinski definition) is 2. The van der Waals surface area contributed by atoms with Crippen LogP contribution >= 0.6 is 11.8 Å². The lowest BCUT2D eigenvalue weighted by molar-refractivity contribution is -0.144. The Bertz CT molecular complexity index is 159. The monoisotopic (exact) mass is 191 g/mol. The van der Waals surface area contributed by atoms with Crippen LogP contribution < -0.4 is 0 Å². The van der Waals surface area contributed by atoms with Gasteiger partial charge in [0.05, 0.1) is 6.61 Å². The molecule has 0 aromatic rings. The predicted octanol–water partition coefficient (Wildman–Crippen LogP) is -0.519. The van der Waals surface area contributed by atoms with Gasteiger partial charge in [-0.15, -0.1) is 0 Å². The summed E-state index contributed by atoms with van der Waals surface area (Å²) in [4.78, 5) is 12.4. The van der Waals surface area contributed by atoms with E-state index in [1.165, 1.54) is 0 Å². The van der Waals surface area contributed by atoms with E-state index in [-0.39, 0.29) is 6.61 Å². The Labute approximate surface area is 75.6 Å². The van der Waals surface area contributed by atoms with Crippen molar-refractivity contribution in [2.75, 3.05) is 31.2 Å². The van der Waals surface area contributed by atoms with Crippen LogP contribution in [0.15, 0.2) is 0 Å². The zero-order chi connectivity index (χ0) is 8.97. The van der Waals surface area contributed by atoms with Crippen molar-refractivity contribution in [3.05, 3.63) is 0 Å². The maximum Gasteiger partial charge on any atom is 0.323 e. The van der Waals surface area contributed by atoms with Gasteiger partial charge in [-0.2, -0.15) is 11.8 Å². The van der Waals surface area contributed by atoms with E-state index in [0.717, 1.165) is 24.6 Å². The molecule has 0 aromatic carbocycles. The second-order valence-corrected chi connectivity index (χ2v) is 3.91. The average Bonchev–Trinajstić information content (AvgIpc) is 2.07. The standard InChI is InChI=1S/C7H13NO3S/c9-5-6(7(10)11)8-1-3-12-4-2-8/h6,9H,1-5H2,(H,10,11). The third-order valence-electron chi connectivity index (χ3n) is 1.94. The van der Waals surface area contributed by atoms with Gasteiger partial charge in [0.1, 0.15) is 6.04 Å². The van der Waals surface area contributed by atoms with Crippen LogP contribution in [0, 0.1) is 0 Å². The van der Waals surface area contributed by atoms with Crippen molar-refractivity contribution in [1.29, 1.82) is 0 Å². The molecule has 0 spiro atoms. The van der Waals surface area contributed by atoms with Crippen molar-refractivity contribution in [2.24, 2.45) is 0 Å². The highest BCUT2D eigenvalue weighted by atomic mass is 32.2. The quantitative estimate of drug-likeness (QED) is 0.628. The number of nitrogens with zero attached hydrogens (tertiary/aromatic N) is 1. The SMILES string of the molecule is O=C(O)C(CO)N1CCSCC1. The van der Waals surface area contributed by atoms with Crippen molar-refractivity contribution < 1.29 is 15.0 Å². The first kappa shape index (κ1) is 9.83. The van der Waals surface area contributed by atoms with Gasteiger partial charge in [0, 0.05) is 24.6 Å². The van der Waals surface area contributed by atoms with E-state index in [9.17, 15) is 4.79 Å². The van der Waals surface area contributed by atoms with Gasteiger partial charge in [-0.1, -0.05) is 0 Å². The van der Waals surface area contributed by atoms with Gasteiger partial charge in [-0.05, 0) is 0 Å². The molecule has 70 valence electrons. The summed E-state index contributed by atoms with van der Waals surface area (Å²) in [5.74, 6) is 0.998. The van der Waals surface area contributed by atoms with Gasteiger partial charge >= 0.3 is 5.97 Å². The molecule has 0 aromatic heterocycles. The van der Waals surface area contributed by atoms with Crippen LogP contribution in [-0.4, -0.2) is 58.3 Å². The first-order valence-corrected chi connectivity index (χ1v) is 5.06. The summed E-state index contributed by atoms with van der Waals surface area (Å²) in [5.41, 5.74) is 0. The predicted molar refractivity (Wildman–Crippen MR) is 47.4 cm³/mol. The molecule has 1 atom stereocenters. The number of aliphatic carboxylic acids is 1.